The van der Waals surface area contributed by atoms with E-state index in [9.17, 15) is 14.4 Å². The van der Waals surface area contributed by atoms with Crippen molar-refractivity contribution in [3.8, 4) is 0 Å². The van der Waals surface area contributed by atoms with Crippen LogP contribution in [0.25, 0.3) is 0 Å². The molecule has 0 aromatic rings. The van der Waals surface area contributed by atoms with E-state index in [2.05, 4.69) is 33.9 Å². The molecule has 0 aromatic carbocycles. The Labute approximate surface area is 193 Å². The van der Waals surface area contributed by atoms with Crippen LogP contribution < -0.4 is 0 Å². The van der Waals surface area contributed by atoms with Gasteiger partial charge in [-0.15, -0.1) is 0 Å². The highest BCUT2D eigenvalue weighted by Crippen LogP contribution is 2.48. The number of ketones is 1. The summed E-state index contributed by atoms with van der Waals surface area (Å²) in [6.45, 7) is 20.8. The third-order valence-corrected chi connectivity index (χ3v) is 10.7. The maximum absolute atomic E-state index is 13.4. The monoisotopic (exact) mass is 468 g/mol. The highest BCUT2D eigenvalue weighted by Gasteiger charge is 2.67. The van der Waals surface area contributed by atoms with Crippen LogP contribution in [0, 0.1) is 11.8 Å². The third kappa shape index (κ3) is 5.51. The van der Waals surface area contributed by atoms with E-state index in [0.29, 0.717) is 0 Å². The molecule has 2 bridgehead atoms. The van der Waals surface area contributed by atoms with Crippen molar-refractivity contribution in [3.63, 3.8) is 0 Å². The molecule has 0 radical (unpaired) electrons. The fourth-order valence-corrected chi connectivity index (χ4v) is 4.61. The van der Waals surface area contributed by atoms with Crippen LogP contribution in [0.4, 0.5) is 0 Å². The molecule has 2 aliphatic rings. The van der Waals surface area contributed by atoms with Crippen LogP contribution in [-0.4, -0.2) is 55.6 Å². The maximum atomic E-state index is 13.4. The molecule has 32 heavy (non-hydrogen) atoms. The second kappa shape index (κ2) is 8.36. The van der Waals surface area contributed by atoms with Crippen molar-refractivity contribution in [3.05, 3.63) is 12.2 Å². The number of rotatable bonds is 5. The average Bonchev–Trinajstić information content (AvgIpc) is 2.84. The molecule has 7 nitrogen and oxygen atoms in total. The first-order valence-electron chi connectivity index (χ1n) is 11.2. The van der Waals surface area contributed by atoms with Crippen LogP contribution in [0.3, 0.4) is 0 Å². The third-order valence-electron chi connectivity index (χ3n) is 6.21. The minimum atomic E-state index is -2.29. The van der Waals surface area contributed by atoms with E-state index in [4.69, 9.17) is 18.6 Å². The van der Waals surface area contributed by atoms with Crippen LogP contribution in [0.15, 0.2) is 12.2 Å². The first kappa shape index (κ1) is 26.7. The molecule has 0 amide bonds. The SMILES string of the molecule is CC(C)(C)OC(=O)[C@@H]1[C@@H](C(=O)OC(C)(C)C)[C@@]2(CO[Si](C)(C)C(C)(C)C)O[C@@H]1C=CC2=O. The average molecular weight is 469 g/mol. The summed E-state index contributed by atoms with van der Waals surface area (Å²) in [5.41, 5.74) is -3.19. The van der Waals surface area contributed by atoms with Crippen LogP contribution in [-0.2, 0) is 33.0 Å². The summed E-state index contributed by atoms with van der Waals surface area (Å²) in [5.74, 6) is -3.82. The Balaban J connectivity index is 2.52. The fraction of sp³-hybridized carbons (Fsp3) is 0.792. The molecule has 0 unspecified atom stereocenters. The van der Waals surface area contributed by atoms with Crippen molar-refractivity contribution in [1.82, 2.24) is 0 Å². The predicted molar refractivity (Wildman–Crippen MR) is 124 cm³/mol. The van der Waals surface area contributed by atoms with E-state index in [1.165, 1.54) is 12.2 Å². The number of carbonyl (C=O) groups is 3. The molecule has 8 heteroatoms. The highest BCUT2D eigenvalue weighted by molar-refractivity contribution is 6.74. The Morgan fingerprint density at radius 2 is 1.47 bits per heavy atom. The number of fused-ring (bicyclic) bond motifs is 2. The molecule has 1 fully saturated rings. The van der Waals surface area contributed by atoms with Crippen molar-refractivity contribution in [1.29, 1.82) is 0 Å². The summed E-state index contributed by atoms with van der Waals surface area (Å²) in [4.78, 5) is 39.9. The first-order valence-corrected chi connectivity index (χ1v) is 14.1. The molecule has 0 aliphatic carbocycles. The summed E-state index contributed by atoms with van der Waals surface area (Å²) in [6, 6.07) is 0. The number of carbonyl (C=O) groups excluding carboxylic acids is 3. The Bertz CT molecular complexity index is 795. The zero-order valence-electron chi connectivity index (χ0n) is 21.5. The molecular weight excluding hydrogens is 428 g/mol. The molecule has 2 rings (SSSR count). The van der Waals surface area contributed by atoms with E-state index < -0.39 is 60.8 Å². The highest BCUT2D eigenvalue weighted by atomic mass is 28.4. The molecule has 4 atom stereocenters. The molecule has 0 spiro atoms. The standard InChI is InChI=1S/C24H40O7Si/c1-21(2,3)30-19(26)17-15-12-13-16(25)24(29-15,14-28-32(10,11)23(7,8)9)18(17)20(27)31-22(4,5)6/h12-13,15,17-18H,14H2,1-11H3/t15-,17+,18+,24+/m1/s1. The summed E-state index contributed by atoms with van der Waals surface area (Å²) < 4.78 is 23.8. The number of esters is 2. The lowest BCUT2D eigenvalue weighted by molar-refractivity contribution is -0.177. The van der Waals surface area contributed by atoms with Crippen LogP contribution in [0.5, 0.6) is 0 Å². The first-order chi connectivity index (χ1) is 14.2. The Morgan fingerprint density at radius 3 is 1.94 bits per heavy atom. The minimum Gasteiger partial charge on any atom is -0.460 e. The molecule has 1 saturated heterocycles. The Morgan fingerprint density at radius 1 is 0.969 bits per heavy atom. The number of hydrogen-bond acceptors (Lipinski definition) is 7. The second-order valence-electron chi connectivity index (χ2n) is 12.3. The van der Waals surface area contributed by atoms with Crippen LogP contribution in [0.1, 0.15) is 62.3 Å². The number of hydrogen-bond donors (Lipinski definition) is 0. The molecule has 182 valence electrons. The predicted octanol–water partition coefficient (Wildman–Crippen LogP) is 4.20. The van der Waals surface area contributed by atoms with Gasteiger partial charge >= 0.3 is 11.9 Å². The molecule has 2 heterocycles. The Hall–Kier alpha value is -1.51. The molecule has 0 aromatic heterocycles. The van der Waals surface area contributed by atoms with Gasteiger partial charge < -0.3 is 18.6 Å². The van der Waals surface area contributed by atoms with Crippen molar-refractivity contribution in [2.45, 2.75) is 103 Å². The van der Waals surface area contributed by atoms with E-state index in [1.54, 1.807) is 41.5 Å². The quantitative estimate of drug-likeness (QED) is 0.441. The van der Waals surface area contributed by atoms with Gasteiger partial charge in [-0.1, -0.05) is 26.8 Å². The Kier molecular flexibility index (Phi) is 6.99. The van der Waals surface area contributed by atoms with Gasteiger partial charge in [0.25, 0.3) is 0 Å². The smallest absolute Gasteiger partial charge is 0.313 e. The fourth-order valence-electron chi connectivity index (χ4n) is 3.60. The van der Waals surface area contributed by atoms with Gasteiger partial charge in [-0.3, -0.25) is 14.4 Å². The maximum Gasteiger partial charge on any atom is 0.313 e. The summed E-state index contributed by atoms with van der Waals surface area (Å²) in [6.07, 6.45) is 2.15. The van der Waals surface area contributed by atoms with Gasteiger partial charge in [-0.25, -0.2) is 0 Å². The van der Waals surface area contributed by atoms with Crippen molar-refractivity contribution < 1.29 is 33.0 Å². The molecule has 2 aliphatic heterocycles. The largest absolute Gasteiger partial charge is 0.460 e. The van der Waals surface area contributed by atoms with Gasteiger partial charge in [0.2, 0.25) is 0 Å². The van der Waals surface area contributed by atoms with E-state index in [0.717, 1.165) is 0 Å². The molecular formula is C24H40O7Si. The van der Waals surface area contributed by atoms with E-state index in [-0.39, 0.29) is 11.6 Å². The van der Waals surface area contributed by atoms with Gasteiger partial charge in [0, 0.05) is 0 Å². The zero-order chi connectivity index (χ0) is 24.9. The topological polar surface area (TPSA) is 88.1 Å². The van der Waals surface area contributed by atoms with Crippen molar-refractivity contribution >= 4 is 26.0 Å². The second-order valence-corrected chi connectivity index (χ2v) is 17.1. The van der Waals surface area contributed by atoms with Crippen molar-refractivity contribution in [2.24, 2.45) is 11.8 Å². The van der Waals surface area contributed by atoms with Crippen LogP contribution in [0.2, 0.25) is 18.1 Å². The van der Waals surface area contributed by atoms with E-state index in [1.807, 2.05) is 0 Å². The van der Waals surface area contributed by atoms with E-state index >= 15 is 0 Å². The molecule has 0 N–H and O–H groups in total. The van der Waals surface area contributed by atoms with Gasteiger partial charge in [0.1, 0.15) is 23.0 Å². The zero-order valence-corrected chi connectivity index (χ0v) is 22.5. The lowest BCUT2D eigenvalue weighted by atomic mass is 9.78. The lowest BCUT2D eigenvalue weighted by Gasteiger charge is -2.41. The summed E-state index contributed by atoms with van der Waals surface area (Å²) in [5, 5.41) is -0.110. The molecule has 0 saturated carbocycles. The number of ether oxygens (including phenoxy) is 3. The van der Waals surface area contributed by atoms with Gasteiger partial charge in [-0.05, 0) is 65.8 Å². The minimum absolute atomic E-state index is 0.110. The summed E-state index contributed by atoms with van der Waals surface area (Å²) >= 11 is 0. The van der Waals surface area contributed by atoms with Crippen molar-refractivity contribution in [2.75, 3.05) is 6.61 Å². The van der Waals surface area contributed by atoms with Gasteiger partial charge in [0.05, 0.1) is 12.7 Å². The van der Waals surface area contributed by atoms with Gasteiger partial charge in [-0.2, -0.15) is 0 Å². The lowest BCUT2D eigenvalue weighted by Crippen LogP contribution is -2.56. The van der Waals surface area contributed by atoms with Gasteiger partial charge in [0.15, 0.2) is 19.7 Å². The van der Waals surface area contributed by atoms with Crippen LogP contribution >= 0.6 is 0 Å². The normalized spacial score (nSPS) is 28.6. The summed E-state index contributed by atoms with van der Waals surface area (Å²) in [7, 11) is -2.29.